The van der Waals surface area contributed by atoms with E-state index in [1.165, 1.54) is 5.56 Å². The molecule has 3 heteroatoms. The lowest BCUT2D eigenvalue weighted by molar-refractivity contribution is 0.416. The fourth-order valence-corrected chi connectivity index (χ4v) is 2.00. The molecule has 0 bridgehead atoms. The number of methoxy groups -OCH3 is 1. The summed E-state index contributed by atoms with van der Waals surface area (Å²) in [5, 5.41) is 2.97. The van der Waals surface area contributed by atoms with Gasteiger partial charge in [0.05, 0.1) is 12.7 Å². The van der Waals surface area contributed by atoms with Gasteiger partial charge in [-0.1, -0.05) is 6.07 Å². The highest BCUT2D eigenvalue weighted by molar-refractivity contribution is 7.13. The van der Waals surface area contributed by atoms with Crippen molar-refractivity contribution in [1.29, 1.82) is 0 Å². The Morgan fingerprint density at radius 1 is 1.36 bits per heavy atom. The summed E-state index contributed by atoms with van der Waals surface area (Å²) in [4.78, 5) is 4.26. The van der Waals surface area contributed by atoms with Crippen LogP contribution in [-0.2, 0) is 0 Å². The van der Waals surface area contributed by atoms with Crippen LogP contribution in [0.5, 0.6) is 5.75 Å². The second kappa shape index (κ2) is 3.80. The number of hydrogen-bond donors (Lipinski definition) is 0. The van der Waals surface area contributed by atoms with Crippen molar-refractivity contribution in [2.75, 3.05) is 7.11 Å². The van der Waals surface area contributed by atoms with Gasteiger partial charge in [-0.05, 0) is 24.6 Å². The molecule has 0 aliphatic carbocycles. The third-order valence-electron chi connectivity index (χ3n) is 2.02. The molecule has 1 aromatic carbocycles. The molecule has 0 saturated carbocycles. The largest absolute Gasteiger partial charge is 0.496 e. The Bertz CT molecular complexity index is 423. The predicted octanol–water partition coefficient (Wildman–Crippen LogP) is 3.13. The zero-order chi connectivity index (χ0) is 9.97. The van der Waals surface area contributed by atoms with E-state index in [9.17, 15) is 0 Å². The van der Waals surface area contributed by atoms with Crippen molar-refractivity contribution in [3.63, 3.8) is 0 Å². The minimum absolute atomic E-state index is 0.889. The molecule has 0 saturated heterocycles. The highest BCUT2D eigenvalue weighted by atomic mass is 32.1. The van der Waals surface area contributed by atoms with Gasteiger partial charge in [0.2, 0.25) is 0 Å². The number of rotatable bonds is 2. The average Bonchev–Trinajstić information content (AvgIpc) is 2.70. The summed E-state index contributed by atoms with van der Waals surface area (Å²) in [5.74, 6) is 0.889. The molecule has 0 amide bonds. The van der Waals surface area contributed by atoms with E-state index in [1.807, 2.05) is 24.4 Å². The third kappa shape index (κ3) is 1.63. The molecule has 0 spiro atoms. The standard InChI is InChI=1S/C11H11NOS/c1-8-3-4-9(10(7-8)13-2)11-12-5-6-14-11/h3-7H,1-2H3. The molecule has 0 unspecified atom stereocenters. The van der Waals surface area contributed by atoms with Gasteiger partial charge in [0.15, 0.2) is 0 Å². The maximum Gasteiger partial charge on any atom is 0.129 e. The van der Waals surface area contributed by atoms with E-state index in [2.05, 4.69) is 11.1 Å². The van der Waals surface area contributed by atoms with Gasteiger partial charge in [-0.15, -0.1) is 11.3 Å². The summed E-state index contributed by atoms with van der Waals surface area (Å²) in [6, 6.07) is 6.14. The molecule has 0 radical (unpaired) electrons. The second-order valence-electron chi connectivity index (χ2n) is 3.04. The molecule has 0 aliphatic heterocycles. The summed E-state index contributed by atoms with van der Waals surface area (Å²) >= 11 is 1.62. The minimum Gasteiger partial charge on any atom is -0.496 e. The average molecular weight is 205 g/mol. The van der Waals surface area contributed by atoms with Gasteiger partial charge in [0.1, 0.15) is 10.8 Å². The van der Waals surface area contributed by atoms with Crippen LogP contribution in [-0.4, -0.2) is 12.1 Å². The Kier molecular flexibility index (Phi) is 2.50. The van der Waals surface area contributed by atoms with Gasteiger partial charge in [-0.25, -0.2) is 4.98 Å². The SMILES string of the molecule is COc1cc(C)ccc1-c1nccs1. The topological polar surface area (TPSA) is 22.1 Å². The van der Waals surface area contributed by atoms with Crippen molar-refractivity contribution in [3.05, 3.63) is 35.3 Å². The van der Waals surface area contributed by atoms with Crippen LogP contribution in [0, 0.1) is 6.92 Å². The summed E-state index contributed by atoms with van der Waals surface area (Å²) in [5.41, 5.74) is 2.26. The predicted molar refractivity (Wildman–Crippen MR) is 58.8 cm³/mol. The van der Waals surface area contributed by atoms with E-state index in [0.717, 1.165) is 16.3 Å². The molecule has 0 aliphatic rings. The highest BCUT2D eigenvalue weighted by Crippen LogP contribution is 2.31. The van der Waals surface area contributed by atoms with Gasteiger partial charge in [0, 0.05) is 11.6 Å². The summed E-state index contributed by atoms with van der Waals surface area (Å²) in [7, 11) is 1.69. The van der Waals surface area contributed by atoms with E-state index in [4.69, 9.17) is 4.74 Å². The maximum absolute atomic E-state index is 5.32. The fourth-order valence-electron chi connectivity index (χ4n) is 1.33. The van der Waals surface area contributed by atoms with Crippen molar-refractivity contribution in [3.8, 4) is 16.3 Å². The molecule has 1 heterocycles. The molecule has 1 aromatic heterocycles. The van der Waals surface area contributed by atoms with E-state index in [1.54, 1.807) is 24.6 Å². The van der Waals surface area contributed by atoms with Crippen molar-refractivity contribution >= 4 is 11.3 Å². The van der Waals surface area contributed by atoms with E-state index >= 15 is 0 Å². The Labute approximate surface area is 87.2 Å². The van der Waals surface area contributed by atoms with Crippen LogP contribution in [0.15, 0.2) is 29.8 Å². The lowest BCUT2D eigenvalue weighted by Gasteiger charge is -2.06. The summed E-state index contributed by atoms with van der Waals surface area (Å²) < 4.78 is 5.32. The first kappa shape index (κ1) is 9.21. The van der Waals surface area contributed by atoms with Crippen molar-refractivity contribution in [2.45, 2.75) is 6.92 Å². The first-order chi connectivity index (χ1) is 6.81. The molecule has 2 aromatic rings. The van der Waals surface area contributed by atoms with Crippen molar-refractivity contribution in [1.82, 2.24) is 4.98 Å². The van der Waals surface area contributed by atoms with Crippen LogP contribution < -0.4 is 4.74 Å². The maximum atomic E-state index is 5.32. The Balaban J connectivity index is 2.53. The molecular weight excluding hydrogens is 194 g/mol. The number of benzene rings is 1. The van der Waals surface area contributed by atoms with Gasteiger partial charge in [0.25, 0.3) is 0 Å². The quantitative estimate of drug-likeness (QED) is 0.751. The fraction of sp³-hybridized carbons (Fsp3) is 0.182. The molecule has 72 valence electrons. The molecule has 14 heavy (non-hydrogen) atoms. The molecule has 0 N–H and O–H groups in total. The molecule has 2 rings (SSSR count). The third-order valence-corrected chi connectivity index (χ3v) is 2.83. The number of ether oxygens (including phenoxy) is 1. The van der Waals surface area contributed by atoms with Crippen LogP contribution in [0.3, 0.4) is 0 Å². The monoisotopic (exact) mass is 205 g/mol. The number of aromatic nitrogens is 1. The zero-order valence-electron chi connectivity index (χ0n) is 8.15. The van der Waals surface area contributed by atoms with Crippen LogP contribution in [0.25, 0.3) is 10.6 Å². The number of hydrogen-bond acceptors (Lipinski definition) is 3. The number of nitrogens with zero attached hydrogens (tertiary/aromatic N) is 1. The molecule has 0 fully saturated rings. The zero-order valence-corrected chi connectivity index (χ0v) is 8.97. The van der Waals surface area contributed by atoms with Crippen LogP contribution in [0.4, 0.5) is 0 Å². The van der Waals surface area contributed by atoms with E-state index in [-0.39, 0.29) is 0 Å². The van der Waals surface area contributed by atoms with Gasteiger partial charge < -0.3 is 4.74 Å². The first-order valence-electron chi connectivity index (χ1n) is 4.36. The Morgan fingerprint density at radius 2 is 2.21 bits per heavy atom. The molecule has 0 atom stereocenters. The van der Waals surface area contributed by atoms with E-state index < -0.39 is 0 Å². The van der Waals surface area contributed by atoms with Gasteiger partial charge in [-0.3, -0.25) is 0 Å². The van der Waals surface area contributed by atoms with Gasteiger partial charge >= 0.3 is 0 Å². The normalized spacial score (nSPS) is 10.1. The Hall–Kier alpha value is -1.35. The van der Waals surface area contributed by atoms with E-state index in [0.29, 0.717) is 0 Å². The van der Waals surface area contributed by atoms with Crippen molar-refractivity contribution < 1.29 is 4.74 Å². The smallest absolute Gasteiger partial charge is 0.129 e. The van der Waals surface area contributed by atoms with Crippen molar-refractivity contribution in [2.24, 2.45) is 0 Å². The second-order valence-corrected chi connectivity index (χ2v) is 3.94. The summed E-state index contributed by atoms with van der Waals surface area (Å²) in [6.45, 7) is 2.05. The highest BCUT2D eigenvalue weighted by Gasteiger charge is 2.07. The minimum atomic E-state index is 0.889. The van der Waals surface area contributed by atoms with Gasteiger partial charge in [-0.2, -0.15) is 0 Å². The summed E-state index contributed by atoms with van der Waals surface area (Å²) in [6.07, 6.45) is 1.80. The van der Waals surface area contributed by atoms with Crippen LogP contribution >= 0.6 is 11.3 Å². The molecule has 2 nitrogen and oxygen atoms in total. The molecular formula is C11H11NOS. The lowest BCUT2D eigenvalue weighted by Crippen LogP contribution is -1.88. The number of thiazole rings is 1. The number of aryl methyl sites for hydroxylation is 1. The Morgan fingerprint density at radius 3 is 2.86 bits per heavy atom. The van der Waals surface area contributed by atoms with Crippen LogP contribution in [0.1, 0.15) is 5.56 Å². The van der Waals surface area contributed by atoms with Crippen LogP contribution in [0.2, 0.25) is 0 Å². The lowest BCUT2D eigenvalue weighted by atomic mass is 10.1. The first-order valence-corrected chi connectivity index (χ1v) is 5.24.